The molecular weight excluding hydrogens is 304 g/mol. The van der Waals surface area contributed by atoms with Gasteiger partial charge in [0.15, 0.2) is 0 Å². The molecule has 0 aliphatic carbocycles. The van der Waals surface area contributed by atoms with Crippen LogP contribution in [0, 0.1) is 12.3 Å². The van der Waals surface area contributed by atoms with E-state index in [2.05, 4.69) is 16.1 Å². The van der Waals surface area contributed by atoms with E-state index in [-0.39, 0.29) is 0 Å². The first-order chi connectivity index (χ1) is 11.8. The fourth-order valence-corrected chi connectivity index (χ4v) is 1.81. The zero-order valence-corrected chi connectivity index (χ0v) is 13.6. The Bertz CT molecular complexity index is 673. The second-order valence-corrected chi connectivity index (χ2v) is 4.84. The minimum absolute atomic E-state index is 0.492. The van der Waals surface area contributed by atoms with Crippen LogP contribution in [-0.4, -0.2) is 33.5 Å². The number of methoxy groups -OCH3 is 1. The lowest BCUT2D eigenvalue weighted by Gasteiger charge is -2.06. The summed E-state index contributed by atoms with van der Waals surface area (Å²) in [4.78, 5) is 0. The second kappa shape index (κ2) is 10.2. The summed E-state index contributed by atoms with van der Waals surface area (Å²) in [6.45, 7) is 2.18. The van der Waals surface area contributed by atoms with Gasteiger partial charge in [-0.3, -0.25) is 0 Å². The SMILES string of the molecule is C#Cc1ccc(N=Nc2ccc(OCCOCCOC)cc2)cc1. The van der Waals surface area contributed by atoms with Crippen LogP contribution < -0.4 is 4.74 Å². The molecule has 0 heterocycles. The first-order valence-electron chi connectivity index (χ1n) is 7.60. The number of hydrogen-bond acceptors (Lipinski definition) is 5. The number of terminal acetylenes is 1. The fraction of sp³-hybridized carbons (Fsp3) is 0.263. The minimum atomic E-state index is 0.492. The maximum absolute atomic E-state index is 5.57. The van der Waals surface area contributed by atoms with Crippen molar-refractivity contribution in [3.8, 4) is 18.1 Å². The van der Waals surface area contributed by atoms with E-state index in [1.807, 2.05) is 48.5 Å². The molecule has 2 aromatic rings. The second-order valence-electron chi connectivity index (χ2n) is 4.84. The lowest BCUT2D eigenvalue weighted by Crippen LogP contribution is -2.09. The summed E-state index contributed by atoms with van der Waals surface area (Å²) in [7, 11) is 1.64. The van der Waals surface area contributed by atoms with Gasteiger partial charge in [-0.05, 0) is 48.5 Å². The summed E-state index contributed by atoms with van der Waals surface area (Å²) in [5.41, 5.74) is 2.32. The molecule has 0 amide bonds. The molecule has 0 fully saturated rings. The van der Waals surface area contributed by atoms with E-state index in [1.165, 1.54) is 0 Å². The molecule has 0 unspecified atom stereocenters. The number of ether oxygens (including phenoxy) is 3. The predicted octanol–water partition coefficient (Wildman–Crippen LogP) is 4.13. The van der Waals surface area contributed by atoms with Crippen LogP contribution in [0.25, 0.3) is 0 Å². The number of hydrogen-bond donors (Lipinski definition) is 0. The molecule has 0 spiro atoms. The summed E-state index contributed by atoms with van der Waals surface area (Å²) < 4.78 is 15.8. The van der Waals surface area contributed by atoms with Gasteiger partial charge < -0.3 is 14.2 Å². The summed E-state index contributed by atoms with van der Waals surface area (Å²) >= 11 is 0. The molecule has 0 N–H and O–H groups in total. The van der Waals surface area contributed by atoms with Crippen LogP contribution in [0.3, 0.4) is 0 Å². The van der Waals surface area contributed by atoms with Crippen molar-refractivity contribution in [2.45, 2.75) is 0 Å². The molecule has 124 valence electrons. The standard InChI is InChI=1S/C19H20N2O3/c1-3-16-4-6-17(7-5-16)20-21-18-8-10-19(11-9-18)24-15-14-23-13-12-22-2/h1,4-11H,12-15H2,2H3. The Kier molecular flexibility index (Phi) is 7.48. The highest BCUT2D eigenvalue weighted by Gasteiger charge is 1.96. The van der Waals surface area contributed by atoms with E-state index < -0.39 is 0 Å². The Balaban J connectivity index is 1.78. The van der Waals surface area contributed by atoms with E-state index in [1.54, 1.807) is 7.11 Å². The van der Waals surface area contributed by atoms with Gasteiger partial charge in [-0.15, -0.1) is 6.42 Å². The molecule has 2 aromatic carbocycles. The first kappa shape index (κ1) is 17.7. The van der Waals surface area contributed by atoms with E-state index in [4.69, 9.17) is 20.6 Å². The van der Waals surface area contributed by atoms with Gasteiger partial charge in [-0.1, -0.05) is 5.92 Å². The molecule has 0 aliphatic rings. The van der Waals surface area contributed by atoms with Crippen molar-refractivity contribution >= 4 is 11.4 Å². The largest absolute Gasteiger partial charge is 0.491 e. The summed E-state index contributed by atoms with van der Waals surface area (Å²) in [5, 5.41) is 8.35. The summed E-state index contributed by atoms with van der Waals surface area (Å²) in [5.74, 6) is 3.33. The first-order valence-corrected chi connectivity index (χ1v) is 7.60. The zero-order valence-electron chi connectivity index (χ0n) is 13.6. The Morgan fingerprint density at radius 1 is 0.833 bits per heavy atom. The van der Waals surface area contributed by atoms with Gasteiger partial charge in [-0.2, -0.15) is 10.2 Å². The highest BCUT2D eigenvalue weighted by molar-refractivity contribution is 5.45. The Morgan fingerprint density at radius 2 is 1.42 bits per heavy atom. The molecule has 0 aliphatic heterocycles. The summed E-state index contributed by atoms with van der Waals surface area (Å²) in [6, 6.07) is 14.7. The number of azo groups is 1. The Hall–Kier alpha value is -2.68. The van der Waals surface area contributed by atoms with Crippen molar-refractivity contribution in [1.82, 2.24) is 0 Å². The zero-order chi connectivity index (χ0) is 17.0. The average Bonchev–Trinajstić information content (AvgIpc) is 2.64. The van der Waals surface area contributed by atoms with Crippen LogP contribution in [0.5, 0.6) is 5.75 Å². The van der Waals surface area contributed by atoms with Crippen LogP contribution in [0.4, 0.5) is 11.4 Å². The van der Waals surface area contributed by atoms with Crippen molar-refractivity contribution in [3.63, 3.8) is 0 Å². The average molecular weight is 324 g/mol. The molecular formula is C19H20N2O3. The lowest BCUT2D eigenvalue weighted by molar-refractivity contribution is 0.0544. The van der Waals surface area contributed by atoms with Gasteiger partial charge in [-0.25, -0.2) is 0 Å². The van der Waals surface area contributed by atoms with Gasteiger partial charge in [0.1, 0.15) is 12.4 Å². The molecule has 0 atom stereocenters. The fourth-order valence-electron chi connectivity index (χ4n) is 1.81. The normalized spacial score (nSPS) is 10.7. The highest BCUT2D eigenvalue weighted by Crippen LogP contribution is 2.21. The maximum Gasteiger partial charge on any atom is 0.119 e. The van der Waals surface area contributed by atoms with Crippen molar-refractivity contribution in [1.29, 1.82) is 0 Å². The number of benzene rings is 2. The van der Waals surface area contributed by atoms with E-state index in [9.17, 15) is 0 Å². The van der Waals surface area contributed by atoms with Crippen LogP contribution in [0.2, 0.25) is 0 Å². The van der Waals surface area contributed by atoms with Crippen LogP contribution in [-0.2, 0) is 9.47 Å². The lowest BCUT2D eigenvalue weighted by atomic mass is 10.2. The number of rotatable bonds is 9. The smallest absolute Gasteiger partial charge is 0.119 e. The summed E-state index contributed by atoms with van der Waals surface area (Å²) in [6.07, 6.45) is 5.31. The van der Waals surface area contributed by atoms with Gasteiger partial charge in [0.25, 0.3) is 0 Å². The van der Waals surface area contributed by atoms with E-state index in [0.29, 0.717) is 26.4 Å². The highest BCUT2D eigenvalue weighted by atomic mass is 16.5. The van der Waals surface area contributed by atoms with E-state index >= 15 is 0 Å². The predicted molar refractivity (Wildman–Crippen MR) is 93.2 cm³/mol. The molecule has 2 rings (SSSR count). The van der Waals surface area contributed by atoms with E-state index in [0.717, 1.165) is 22.7 Å². The molecule has 0 radical (unpaired) electrons. The van der Waals surface area contributed by atoms with Crippen LogP contribution in [0.1, 0.15) is 5.56 Å². The third-order valence-electron chi connectivity index (χ3n) is 3.08. The van der Waals surface area contributed by atoms with Crippen molar-refractivity contribution in [2.24, 2.45) is 10.2 Å². The molecule has 0 aromatic heterocycles. The molecule has 24 heavy (non-hydrogen) atoms. The monoisotopic (exact) mass is 324 g/mol. The molecule has 0 saturated heterocycles. The Labute approximate surface area is 142 Å². The molecule has 5 nitrogen and oxygen atoms in total. The third kappa shape index (κ3) is 6.21. The molecule has 5 heteroatoms. The van der Waals surface area contributed by atoms with Gasteiger partial charge in [0.05, 0.1) is 31.2 Å². The van der Waals surface area contributed by atoms with Gasteiger partial charge in [0.2, 0.25) is 0 Å². The van der Waals surface area contributed by atoms with Crippen LogP contribution >= 0.6 is 0 Å². The minimum Gasteiger partial charge on any atom is -0.491 e. The van der Waals surface area contributed by atoms with Crippen LogP contribution in [0.15, 0.2) is 58.8 Å². The van der Waals surface area contributed by atoms with Gasteiger partial charge in [0, 0.05) is 12.7 Å². The molecule has 0 saturated carbocycles. The van der Waals surface area contributed by atoms with Crippen molar-refractivity contribution in [3.05, 3.63) is 54.1 Å². The van der Waals surface area contributed by atoms with Crippen molar-refractivity contribution < 1.29 is 14.2 Å². The number of nitrogens with zero attached hydrogens (tertiary/aromatic N) is 2. The maximum atomic E-state index is 5.57. The quantitative estimate of drug-likeness (QED) is 0.396. The Morgan fingerprint density at radius 3 is 2.00 bits per heavy atom. The topological polar surface area (TPSA) is 52.4 Å². The van der Waals surface area contributed by atoms with Crippen molar-refractivity contribution in [2.75, 3.05) is 33.5 Å². The molecule has 0 bridgehead atoms. The third-order valence-corrected chi connectivity index (χ3v) is 3.08. The van der Waals surface area contributed by atoms with Gasteiger partial charge >= 0.3 is 0 Å².